The lowest BCUT2D eigenvalue weighted by molar-refractivity contribution is 0.133. The van der Waals surface area contributed by atoms with Crippen LogP contribution in [0.4, 0.5) is 0 Å². The van der Waals surface area contributed by atoms with Gasteiger partial charge in [0.25, 0.3) is 0 Å². The average molecular weight is 202 g/mol. The number of rotatable bonds is 0. The fourth-order valence-electron chi connectivity index (χ4n) is 3.30. The average Bonchev–Trinajstić information content (AvgIpc) is 2.77. The van der Waals surface area contributed by atoms with Gasteiger partial charge in [-0.2, -0.15) is 0 Å². The highest BCUT2D eigenvalue weighted by Gasteiger charge is 2.31. The maximum atomic E-state index is 10.1. The van der Waals surface area contributed by atoms with Gasteiger partial charge in [-0.1, -0.05) is 13.0 Å². The molecule has 0 radical (unpaired) electrons. The molecule has 2 atom stereocenters. The SMILES string of the molecule is Cc1c2c(cc3c1CC(C)C3O)CCC2. The molecule has 80 valence electrons. The number of fused-ring (bicyclic) bond motifs is 2. The molecule has 1 aromatic carbocycles. The molecule has 3 rings (SSSR count). The van der Waals surface area contributed by atoms with E-state index in [9.17, 15) is 5.11 Å². The minimum atomic E-state index is -0.218. The summed E-state index contributed by atoms with van der Waals surface area (Å²) in [6.45, 7) is 4.39. The van der Waals surface area contributed by atoms with E-state index in [0.29, 0.717) is 5.92 Å². The van der Waals surface area contributed by atoms with E-state index >= 15 is 0 Å². The number of hydrogen-bond acceptors (Lipinski definition) is 1. The number of aliphatic hydroxyl groups is 1. The Labute approximate surface area is 91.1 Å². The van der Waals surface area contributed by atoms with Crippen LogP contribution in [0.15, 0.2) is 6.07 Å². The van der Waals surface area contributed by atoms with Gasteiger partial charge in [0.2, 0.25) is 0 Å². The molecule has 15 heavy (non-hydrogen) atoms. The molecular weight excluding hydrogens is 184 g/mol. The van der Waals surface area contributed by atoms with Gasteiger partial charge in [0.1, 0.15) is 0 Å². The molecule has 0 saturated heterocycles. The molecule has 0 aliphatic heterocycles. The second kappa shape index (κ2) is 3.08. The van der Waals surface area contributed by atoms with E-state index in [1.807, 2.05) is 0 Å². The molecule has 1 aromatic rings. The number of aliphatic hydroxyl groups excluding tert-OH is 1. The molecule has 0 saturated carbocycles. The lowest BCUT2D eigenvalue weighted by Gasteiger charge is -2.12. The number of hydrogen-bond donors (Lipinski definition) is 1. The van der Waals surface area contributed by atoms with Crippen LogP contribution in [0, 0.1) is 12.8 Å². The highest BCUT2D eigenvalue weighted by atomic mass is 16.3. The molecule has 0 spiro atoms. The van der Waals surface area contributed by atoms with Gasteiger partial charge in [-0.15, -0.1) is 0 Å². The molecular formula is C14H18O. The van der Waals surface area contributed by atoms with Crippen molar-refractivity contribution in [3.63, 3.8) is 0 Å². The van der Waals surface area contributed by atoms with Gasteiger partial charge < -0.3 is 5.11 Å². The van der Waals surface area contributed by atoms with Crippen molar-refractivity contribution >= 4 is 0 Å². The second-order valence-electron chi connectivity index (χ2n) is 5.19. The van der Waals surface area contributed by atoms with Crippen molar-refractivity contribution in [2.75, 3.05) is 0 Å². The lowest BCUT2D eigenvalue weighted by Crippen LogP contribution is -2.01. The van der Waals surface area contributed by atoms with Crippen LogP contribution in [0.2, 0.25) is 0 Å². The van der Waals surface area contributed by atoms with E-state index < -0.39 is 0 Å². The maximum Gasteiger partial charge on any atom is 0.0821 e. The molecule has 0 bridgehead atoms. The Morgan fingerprint density at radius 2 is 2.07 bits per heavy atom. The van der Waals surface area contributed by atoms with Crippen molar-refractivity contribution < 1.29 is 5.11 Å². The van der Waals surface area contributed by atoms with Crippen LogP contribution in [0.1, 0.15) is 47.3 Å². The highest BCUT2D eigenvalue weighted by molar-refractivity contribution is 5.50. The quantitative estimate of drug-likeness (QED) is 0.686. The summed E-state index contributed by atoms with van der Waals surface area (Å²) < 4.78 is 0. The topological polar surface area (TPSA) is 20.2 Å². The third kappa shape index (κ3) is 1.19. The first-order valence-electron chi connectivity index (χ1n) is 6.00. The van der Waals surface area contributed by atoms with Crippen LogP contribution in [0.3, 0.4) is 0 Å². The van der Waals surface area contributed by atoms with Crippen LogP contribution >= 0.6 is 0 Å². The Hall–Kier alpha value is -0.820. The Bertz CT molecular complexity index is 420. The summed E-state index contributed by atoms with van der Waals surface area (Å²) in [6.07, 6.45) is 4.61. The molecule has 0 amide bonds. The first-order chi connectivity index (χ1) is 7.18. The second-order valence-corrected chi connectivity index (χ2v) is 5.19. The van der Waals surface area contributed by atoms with Crippen molar-refractivity contribution in [2.24, 2.45) is 5.92 Å². The molecule has 0 fully saturated rings. The van der Waals surface area contributed by atoms with Crippen molar-refractivity contribution in [1.29, 1.82) is 0 Å². The van der Waals surface area contributed by atoms with E-state index in [1.54, 1.807) is 5.56 Å². The maximum absolute atomic E-state index is 10.1. The van der Waals surface area contributed by atoms with E-state index in [-0.39, 0.29) is 6.10 Å². The Morgan fingerprint density at radius 1 is 1.27 bits per heavy atom. The highest BCUT2D eigenvalue weighted by Crippen LogP contribution is 2.41. The zero-order valence-corrected chi connectivity index (χ0v) is 9.51. The van der Waals surface area contributed by atoms with Crippen LogP contribution in [0.5, 0.6) is 0 Å². The zero-order valence-electron chi connectivity index (χ0n) is 9.51. The molecule has 1 N–H and O–H groups in total. The standard InChI is InChI=1S/C14H18O/c1-8-6-12-9(2)11-5-3-4-10(11)7-13(12)14(8)15/h7-8,14-15H,3-6H2,1-2H3. The minimum absolute atomic E-state index is 0.218. The first kappa shape index (κ1) is 9.41. The summed E-state index contributed by atoms with van der Waals surface area (Å²) in [7, 11) is 0. The summed E-state index contributed by atoms with van der Waals surface area (Å²) in [5.74, 6) is 0.404. The number of aryl methyl sites for hydroxylation is 1. The smallest absolute Gasteiger partial charge is 0.0821 e. The summed E-state index contributed by atoms with van der Waals surface area (Å²) in [4.78, 5) is 0. The Kier molecular flexibility index (Phi) is 1.93. The Balaban J connectivity index is 2.21. The van der Waals surface area contributed by atoms with E-state index in [4.69, 9.17) is 0 Å². The summed E-state index contributed by atoms with van der Waals surface area (Å²) >= 11 is 0. The van der Waals surface area contributed by atoms with Gasteiger partial charge in [-0.05, 0) is 66.3 Å². The van der Waals surface area contributed by atoms with E-state index in [0.717, 1.165) is 6.42 Å². The fourth-order valence-corrected chi connectivity index (χ4v) is 3.30. The first-order valence-corrected chi connectivity index (χ1v) is 6.00. The van der Waals surface area contributed by atoms with Crippen molar-refractivity contribution in [3.05, 3.63) is 33.9 Å². The molecule has 0 heterocycles. The van der Waals surface area contributed by atoms with Crippen LogP contribution in [-0.2, 0) is 19.3 Å². The van der Waals surface area contributed by atoms with Crippen molar-refractivity contribution in [1.82, 2.24) is 0 Å². The normalized spacial score (nSPS) is 27.9. The predicted octanol–water partition coefficient (Wildman–Crippen LogP) is 2.71. The van der Waals surface area contributed by atoms with E-state index in [2.05, 4.69) is 19.9 Å². The lowest BCUT2D eigenvalue weighted by atomic mass is 9.95. The van der Waals surface area contributed by atoms with Gasteiger partial charge in [0.15, 0.2) is 0 Å². The van der Waals surface area contributed by atoms with Crippen LogP contribution in [0.25, 0.3) is 0 Å². The van der Waals surface area contributed by atoms with Gasteiger partial charge in [-0.3, -0.25) is 0 Å². The van der Waals surface area contributed by atoms with Crippen LogP contribution in [-0.4, -0.2) is 5.11 Å². The molecule has 0 aromatic heterocycles. The van der Waals surface area contributed by atoms with Crippen molar-refractivity contribution in [3.8, 4) is 0 Å². The monoisotopic (exact) mass is 202 g/mol. The van der Waals surface area contributed by atoms with Crippen molar-refractivity contribution in [2.45, 2.75) is 45.6 Å². The third-order valence-electron chi connectivity index (χ3n) is 4.23. The molecule has 2 aliphatic carbocycles. The summed E-state index contributed by atoms with van der Waals surface area (Å²) in [5, 5.41) is 10.1. The molecule has 1 nitrogen and oxygen atoms in total. The predicted molar refractivity (Wildman–Crippen MR) is 61.0 cm³/mol. The largest absolute Gasteiger partial charge is 0.388 e. The zero-order chi connectivity index (χ0) is 10.6. The minimum Gasteiger partial charge on any atom is -0.388 e. The third-order valence-corrected chi connectivity index (χ3v) is 4.23. The van der Waals surface area contributed by atoms with Gasteiger partial charge >= 0.3 is 0 Å². The fraction of sp³-hybridized carbons (Fsp3) is 0.571. The van der Waals surface area contributed by atoms with Crippen LogP contribution < -0.4 is 0 Å². The van der Waals surface area contributed by atoms with Gasteiger partial charge in [0.05, 0.1) is 6.10 Å². The number of benzene rings is 1. The molecule has 2 aliphatic rings. The summed E-state index contributed by atoms with van der Waals surface area (Å²) in [5.41, 5.74) is 7.22. The van der Waals surface area contributed by atoms with E-state index in [1.165, 1.54) is 41.5 Å². The summed E-state index contributed by atoms with van der Waals surface area (Å²) in [6, 6.07) is 2.28. The van der Waals surface area contributed by atoms with Gasteiger partial charge in [-0.25, -0.2) is 0 Å². The molecule has 1 heteroatoms. The van der Waals surface area contributed by atoms with Gasteiger partial charge in [0, 0.05) is 0 Å². The molecule has 2 unspecified atom stereocenters. The Morgan fingerprint density at radius 3 is 2.87 bits per heavy atom.